The molecule has 0 aliphatic heterocycles. The molecule has 3 atom stereocenters. The van der Waals surface area contributed by atoms with Crippen molar-refractivity contribution in [3.8, 4) is 0 Å². The van der Waals surface area contributed by atoms with Crippen molar-refractivity contribution in [1.82, 2.24) is 0 Å². The first-order chi connectivity index (χ1) is 10.5. The van der Waals surface area contributed by atoms with Crippen molar-refractivity contribution in [1.29, 1.82) is 0 Å². The van der Waals surface area contributed by atoms with Crippen LogP contribution in [0.15, 0.2) is 0 Å². The van der Waals surface area contributed by atoms with E-state index in [4.69, 9.17) is 32.5 Å². The van der Waals surface area contributed by atoms with Gasteiger partial charge in [-0.05, 0) is 12.3 Å². The third-order valence-corrected chi connectivity index (χ3v) is 4.73. The second kappa shape index (κ2) is 13.4. The van der Waals surface area contributed by atoms with E-state index in [2.05, 4.69) is 0 Å². The van der Waals surface area contributed by atoms with Gasteiger partial charge in [0.05, 0.1) is 0 Å². The molecule has 0 radical (unpaired) electrons. The largest absolute Gasteiger partial charge is 0.480 e. The van der Waals surface area contributed by atoms with E-state index >= 15 is 0 Å². The fourth-order valence-corrected chi connectivity index (χ4v) is 3.22. The van der Waals surface area contributed by atoms with Crippen molar-refractivity contribution < 1.29 is 29.7 Å². The summed E-state index contributed by atoms with van der Waals surface area (Å²) in [5, 5.41) is 25.1. The fraction of sp³-hybridized carbons (Fsp3) is 0.750. The van der Waals surface area contributed by atoms with Crippen LogP contribution in [0.25, 0.3) is 0 Å². The third kappa shape index (κ3) is 15.7. The van der Waals surface area contributed by atoms with Gasteiger partial charge in [0, 0.05) is 11.5 Å². The highest BCUT2D eigenvalue weighted by atomic mass is 33.1. The molecule has 0 saturated carbocycles. The molecule has 0 bridgehead atoms. The average molecular weight is 371 g/mol. The molecule has 9 nitrogen and oxygen atoms in total. The lowest BCUT2D eigenvalue weighted by Crippen LogP contribution is -2.33. The topological polar surface area (TPSA) is 190 Å². The van der Waals surface area contributed by atoms with Crippen LogP contribution < -0.4 is 17.2 Å². The molecule has 0 saturated heterocycles. The smallest absolute Gasteiger partial charge is 0.321 e. The molecule has 0 rings (SSSR count). The molecular weight excluding hydrogens is 346 g/mol. The number of carboxylic acid groups (broad SMARTS) is 3. The molecule has 0 fully saturated rings. The van der Waals surface area contributed by atoms with Crippen LogP contribution in [-0.2, 0) is 14.4 Å². The van der Waals surface area contributed by atoms with Crippen molar-refractivity contribution in [2.75, 3.05) is 11.5 Å². The summed E-state index contributed by atoms with van der Waals surface area (Å²) in [6.45, 7) is 3.89. The highest BCUT2D eigenvalue weighted by molar-refractivity contribution is 8.76. The van der Waals surface area contributed by atoms with Crippen molar-refractivity contribution in [2.45, 2.75) is 38.4 Å². The maximum absolute atomic E-state index is 10.3. The number of hydrogen-bond acceptors (Lipinski definition) is 8. The van der Waals surface area contributed by atoms with Crippen LogP contribution in [0, 0.1) is 5.92 Å². The summed E-state index contributed by atoms with van der Waals surface area (Å²) in [6.07, 6.45) is 0.551. The summed E-state index contributed by atoms with van der Waals surface area (Å²) in [4.78, 5) is 30.6. The summed E-state index contributed by atoms with van der Waals surface area (Å²) in [5.41, 5.74) is 15.6. The van der Waals surface area contributed by atoms with Gasteiger partial charge in [-0.1, -0.05) is 35.4 Å². The zero-order valence-electron chi connectivity index (χ0n) is 13.0. The molecule has 0 aromatic heterocycles. The lowest BCUT2D eigenvalue weighted by atomic mass is 10.1. The number of carbonyl (C=O) groups is 3. The van der Waals surface area contributed by atoms with E-state index < -0.39 is 36.0 Å². The number of nitrogens with two attached hydrogens (primary N) is 3. The maximum Gasteiger partial charge on any atom is 0.321 e. The van der Waals surface area contributed by atoms with E-state index in [0.29, 0.717) is 12.3 Å². The Kier molecular flexibility index (Phi) is 14.2. The van der Waals surface area contributed by atoms with E-state index in [1.807, 2.05) is 13.8 Å². The Bertz CT molecular complexity index is 362. The van der Waals surface area contributed by atoms with E-state index in [-0.39, 0.29) is 11.5 Å². The first-order valence-corrected chi connectivity index (χ1v) is 9.17. The zero-order chi connectivity index (χ0) is 18.6. The Morgan fingerprint density at radius 3 is 1.26 bits per heavy atom. The predicted octanol–water partition coefficient (Wildman–Crippen LogP) is -0.364. The second-order valence-corrected chi connectivity index (χ2v) is 7.59. The van der Waals surface area contributed by atoms with Crippen LogP contribution in [-0.4, -0.2) is 62.9 Å². The van der Waals surface area contributed by atoms with Crippen LogP contribution in [0.4, 0.5) is 0 Å². The molecule has 11 heteroatoms. The summed E-state index contributed by atoms with van der Waals surface area (Å²) in [7, 11) is 2.41. The summed E-state index contributed by atoms with van der Waals surface area (Å²) in [6, 6.07) is -2.54. The van der Waals surface area contributed by atoms with Crippen LogP contribution in [0.1, 0.15) is 20.3 Å². The van der Waals surface area contributed by atoms with Gasteiger partial charge in [0.1, 0.15) is 18.1 Å². The van der Waals surface area contributed by atoms with Crippen LogP contribution >= 0.6 is 21.6 Å². The molecule has 0 heterocycles. The van der Waals surface area contributed by atoms with Crippen molar-refractivity contribution >= 4 is 39.5 Å². The monoisotopic (exact) mass is 371 g/mol. The third-order valence-electron chi connectivity index (χ3n) is 2.26. The van der Waals surface area contributed by atoms with Crippen LogP contribution in [0.2, 0.25) is 0 Å². The van der Waals surface area contributed by atoms with Gasteiger partial charge in [0.2, 0.25) is 0 Å². The van der Waals surface area contributed by atoms with Gasteiger partial charge in [-0.15, -0.1) is 0 Å². The molecule has 0 unspecified atom stereocenters. The first-order valence-electron chi connectivity index (χ1n) is 6.68. The molecule has 0 spiro atoms. The Balaban J connectivity index is 0. The molecular formula is C12H25N3O6S2. The van der Waals surface area contributed by atoms with Gasteiger partial charge in [-0.25, -0.2) is 0 Å². The summed E-state index contributed by atoms with van der Waals surface area (Å²) in [5.74, 6) is -2.24. The van der Waals surface area contributed by atoms with Crippen LogP contribution in [0.5, 0.6) is 0 Å². The van der Waals surface area contributed by atoms with Crippen molar-refractivity contribution in [3.05, 3.63) is 0 Å². The van der Waals surface area contributed by atoms with Crippen molar-refractivity contribution in [2.24, 2.45) is 23.1 Å². The molecule has 9 N–H and O–H groups in total. The molecule has 136 valence electrons. The van der Waals surface area contributed by atoms with Crippen molar-refractivity contribution in [3.63, 3.8) is 0 Å². The minimum absolute atomic E-state index is 0.229. The lowest BCUT2D eigenvalue weighted by Gasteiger charge is -2.07. The van der Waals surface area contributed by atoms with E-state index in [0.717, 1.165) is 0 Å². The highest BCUT2D eigenvalue weighted by Gasteiger charge is 2.14. The van der Waals surface area contributed by atoms with Gasteiger partial charge in [-0.2, -0.15) is 0 Å². The summed E-state index contributed by atoms with van der Waals surface area (Å²) >= 11 is 0. The predicted molar refractivity (Wildman–Crippen MR) is 91.2 cm³/mol. The van der Waals surface area contributed by atoms with Gasteiger partial charge in [-0.3, -0.25) is 14.4 Å². The van der Waals surface area contributed by atoms with Gasteiger partial charge >= 0.3 is 17.9 Å². The van der Waals surface area contributed by atoms with Gasteiger partial charge in [0.25, 0.3) is 0 Å². The molecule has 0 amide bonds. The number of aliphatic carboxylic acids is 3. The molecule has 23 heavy (non-hydrogen) atoms. The quantitative estimate of drug-likeness (QED) is 0.217. The minimum Gasteiger partial charge on any atom is -0.480 e. The Labute approximate surface area is 142 Å². The minimum atomic E-state index is -1.07. The lowest BCUT2D eigenvalue weighted by molar-refractivity contribution is -0.139. The van der Waals surface area contributed by atoms with E-state index in [9.17, 15) is 14.4 Å². The zero-order valence-corrected chi connectivity index (χ0v) is 14.7. The number of hydrogen-bond donors (Lipinski definition) is 6. The maximum atomic E-state index is 10.3. The first kappa shape index (κ1) is 24.2. The fourth-order valence-electron chi connectivity index (χ4n) is 0.994. The number of rotatable bonds is 10. The van der Waals surface area contributed by atoms with Crippen LogP contribution in [0.3, 0.4) is 0 Å². The Morgan fingerprint density at radius 2 is 1.09 bits per heavy atom. The standard InChI is InChI=1S/C6H12N2O4S2.C6H13NO2/c7-3(5(9)10)1-13-14-2-4(8)6(11)12;1-4(2)3-5(7)6(8)9/h3-4H,1-2,7-8H2,(H,9,10)(H,11,12);4-5H,3,7H2,1-2H3,(H,8,9)/t3-,4-;5-/m00/s1. The SMILES string of the molecule is CC(C)C[C@H](N)C(=O)O.N[C@@H](CSSC[C@H](N)C(=O)O)C(=O)O. The average Bonchev–Trinajstić information content (AvgIpc) is 2.42. The van der Waals surface area contributed by atoms with E-state index in [1.54, 1.807) is 0 Å². The number of carboxylic acids is 3. The Morgan fingerprint density at radius 1 is 0.783 bits per heavy atom. The molecule has 0 aromatic carbocycles. The van der Waals surface area contributed by atoms with Gasteiger partial charge in [0.15, 0.2) is 0 Å². The highest BCUT2D eigenvalue weighted by Crippen LogP contribution is 2.22. The molecule has 0 aromatic rings. The Hall–Kier alpha value is -1.01. The molecule has 0 aliphatic rings. The molecule has 0 aliphatic carbocycles. The van der Waals surface area contributed by atoms with Gasteiger partial charge < -0.3 is 32.5 Å². The van der Waals surface area contributed by atoms with E-state index in [1.165, 1.54) is 21.6 Å². The summed E-state index contributed by atoms with van der Waals surface area (Å²) < 4.78 is 0. The second-order valence-electron chi connectivity index (χ2n) is 5.03. The normalized spacial score (nSPS) is 14.3.